The molecule has 0 spiro atoms. The quantitative estimate of drug-likeness (QED) is 0.521. The smallest absolute Gasteiger partial charge is 0.366 e. The maximum atomic E-state index is 12.7. The van der Waals surface area contributed by atoms with Crippen molar-refractivity contribution < 1.29 is 22.3 Å². The van der Waals surface area contributed by atoms with Crippen LogP contribution in [-0.4, -0.2) is 11.6 Å². The van der Waals surface area contributed by atoms with E-state index in [-0.39, 0.29) is 5.69 Å². The summed E-state index contributed by atoms with van der Waals surface area (Å²) in [5, 5.41) is 0. The molecule has 1 fully saturated rings. The van der Waals surface area contributed by atoms with Crippen LogP contribution in [0.2, 0.25) is 0 Å². The molecule has 1 aromatic rings. The van der Waals surface area contributed by atoms with Crippen molar-refractivity contribution >= 4 is 0 Å². The van der Waals surface area contributed by atoms with E-state index in [2.05, 4.69) is 4.98 Å². The van der Waals surface area contributed by atoms with Gasteiger partial charge >= 0.3 is 6.18 Å². The standard InChI is InChI=1S/C8H5F4NO/c9-5-2-13-6(7-3-14-7)1-4(5)8(10,11)12/h1-2,7H,3H2. The first-order valence-electron chi connectivity index (χ1n) is 3.83. The van der Waals surface area contributed by atoms with Gasteiger partial charge in [-0.3, -0.25) is 4.98 Å². The number of hydrogen-bond acceptors (Lipinski definition) is 2. The zero-order chi connectivity index (χ0) is 10.3. The summed E-state index contributed by atoms with van der Waals surface area (Å²) in [6.07, 6.45) is -4.52. The summed E-state index contributed by atoms with van der Waals surface area (Å²) in [7, 11) is 0. The summed E-state index contributed by atoms with van der Waals surface area (Å²) < 4.78 is 54.1. The topological polar surface area (TPSA) is 25.4 Å². The predicted molar refractivity (Wildman–Crippen MR) is 37.9 cm³/mol. The molecule has 1 unspecified atom stereocenters. The van der Waals surface area contributed by atoms with Crippen LogP contribution in [0.4, 0.5) is 17.6 Å². The van der Waals surface area contributed by atoms with Gasteiger partial charge in [0.1, 0.15) is 6.10 Å². The Hall–Kier alpha value is -1.17. The van der Waals surface area contributed by atoms with Gasteiger partial charge < -0.3 is 4.74 Å². The molecule has 2 nitrogen and oxygen atoms in total. The molecule has 0 bridgehead atoms. The van der Waals surface area contributed by atoms with E-state index < -0.39 is 23.7 Å². The van der Waals surface area contributed by atoms with Crippen molar-refractivity contribution in [3.8, 4) is 0 Å². The summed E-state index contributed by atoms with van der Waals surface area (Å²) in [4.78, 5) is 3.51. The lowest BCUT2D eigenvalue weighted by Gasteiger charge is -2.08. The van der Waals surface area contributed by atoms with Crippen LogP contribution in [0.25, 0.3) is 0 Å². The van der Waals surface area contributed by atoms with Crippen LogP contribution in [0.15, 0.2) is 12.3 Å². The molecule has 6 heteroatoms. The summed E-state index contributed by atoms with van der Waals surface area (Å²) in [6, 6.07) is 0.688. The minimum absolute atomic E-state index is 0.124. The highest BCUT2D eigenvalue weighted by Crippen LogP contribution is 2.35. The van der Waals surface area contributed by atoms with Crippen molar-refractivity contribution in [2.75, 3.05) is 6.61 Å². The second-order valence-electron chi connectivity index (χ2n) is 2.91. The van der Waals surface area contributed by atoms with Crippen molar-refractivity contribution in [2.45, 2.75) is 12.3 Å². The molecule has 0 amide bonds. The van der Waals surface area contributed by atoms with Gasteiger partial charge in [0.15, 0.2) is 5.82 Å². The molecule has 76 valence electrons. The fourth-order valence-corrected chi connectivity index (χ4v) is 1.07. The lowest BCUT2D eigenvalue weighted by molar-refractivity contribution is -0.140. The van der Waals surface area contributed by atoms with Crippen LogP contribution in [-0.2, 0) is 10.9 Å². The Morgan fingerprint density at radius 3 is 2.57 bits per heavy atom. The molecule has 0 N–H and O–H groups in total. The SMILES string of the molecule is Fc1cnc(C2CO2)cc1C(F)(F)F. The van der Waals surface area contributed by atoms with E-state index >= 15 is 0 Å². The molecule has 0 radical (unpaired) electrons. The number of hydrogen-bond donors (Lipinski definition) is 0. The Morgan fingerprint density at radius 2 is 2.07 bits per heavy atom. The third-order valence-electron chi connectivity index (χ3n) is 1.85. The molecule has 0 aromatic carbocycles. The van der Waals surface area contributed by atoms with Gasteiger partial charge in [0.2, 0.25) is 0 Å². The highest BCUT2D eigenvalue weighted by atomic mass is 19.4. The van der Waals surface area contributed by atoms with Gasteiger partial charge in [-0.1, -0.05) is 0 Å². The van der Waals surface area contributed by atoms with Crippen LogP contribution < -0.4 is 0 Å². The van der Waals surface area contributed by atoms with E-state index in [0.29, 0.717) is 18.9 Å². The van der Waals surface area contributed by atoms with Crippen molar-refractivity contribution in [3.05, 3.63) is 29.3 Å². The average Bonchev–Trinajstić information content (AvgIpc) is 2.85. The summed E-state index contributed by atoms with van der Waals surface area (Å²) >= 11 is 0. The van der Waals surface area contributed by atoms with E-state index in [1.807, 2.05) is 0 Å². The van der Waals surface area contributed by atoms with Crippen LogP contribution >= 0.6 is 0 Å². The van der Waals surface area contributed by atoms with Crippen LogP contribution in [0.5, 0.6) is 0 Å². The number of epoxide rings is 1. The van der Waals surface area contributed by atoms with Gasteiger partial charge in [0, 0.05) is 0 Å². The normalized spacial score (nSPS) is 21.0. The lowest BCUT2D eigenvalue weighted by atomic mass is 10.2. The average molecular weight is 207 g/mol. The largest absolute Gasteiger partial charge is 0.419 e. The third-order valence-corrected chi connectivity index (χ3v) is 1.85. The van der Waals surface area contributed by atoms with Crippen molar-refractivity contribution in [1.82, 2.24) is 4.98 Å². The van der Waals surface area contributed by atoms with Crippen molar-refractivity contribution in [2.24, 2.45) is 0 Å². The fraction of sp³-hybridized carbons (Fsp3) is 0.375. The summed E-state index contributed by atoms with van der Waals surface area (Å²) in [5.74, 6) is -1.36. The van der Waals surface area contributed by atoms with Crippen molar-refractivity contribution in [3.63, 3.8) is 0 Å². The summed E-state index contributed by atoms with van der Waals surface area (Å²) in [5.41, 5.74) is -1.17. The number of rotatable bonds is 1. The maximum absolute atomic E-state index is 12.7. The molecule has 1 aliphatic heterocycles. The highest BCUT2D eigenvalue weighted by molar-refractivity contribution is 5.23. The Morgan fingerprint density at radius 1 is 1.43 bits per heavy atom. The first kappa shape index (κ1) is 9.39. The number of alkyl halides is 3. The fourth-order valence-electron chi connectivity index (χ4n) is 1.07. The number of nitrogens with zero attached hydrogens (tertiary/aromatic N) is 1. The van der Waals surface area contributed by atoms with Gasteiger partial charge in [-0.2, -0.15) is 13.2 Å². The summed E-state index contributed by atoms with van der Waals surface area (Å²) in [6.45, 7) is 0.343. The third kappa shape index (κ3) is 1.70. The van der Waals surface area contributed by atoms with E-state index in [4.69, 9.17) is 4.74 Å². The number of halogens is 4. The molecule has 1 aromatic heterocycles. The number of aromatic nitrogens is 1. The molecule has 0 aliphatic carbocycles. The minimum atomic E-state index is -4.68. The van der Waals surface area contributed by atoms with Gasteiger partial charge in [0.05, 0.1) is 24.1 Å². The molecular formula is C8H5F4NO. The first-order valence-corrected chi connectivity index (χ1v) is 3.83. The van der Waals surface area contributed by atoms with E-state index in [0.717, 1.165) is 0 Å². The zero-order valence-corrected chi connectivity index (χ0v) is 6.81. The minimum Gasteiger partial charge on any atom is -0.366 e. The van der Waals surface area contributed by atoms with E-state index in [1.165, 1.54) is 0 Å². The predicted octanol–water partition coefficient (Wildman–Crippen LogP) is 2.31. The van der Waals surface area contributed by atoms with Gasteiger partial charge in [-0.05, 0) is 6.07 Å². The highest BCUT2D eigenvalue weighted by Gasteiger charge is 2.36. The Balaban J connectivity index is 2.41. The van der Waals surface area contributed by atoms with E-state index in [9.17, 15) is 17.6 Å². The Kier molecular flexibility index (Phi) is 1.95. The second-order valence-corrected chi connectivity index (χ2v) is 2.91. The molecule has 2 rings (SSSR count). The van der Waals surface area contributed by atoms with Crippen LogP contribution in [0, 0.1) is 5.82 Å². The molecule has 0 saturated carbocycles. The molecule has 1 aliphatic rings. The molecule has 14 heavy (non-hydrogen) atoms. The van der Waals surface area contributed by atoms with Crippen LogP contribution in [0.1, 0.15) is 17.4 Å². The zero-order valence-electron chi connectivity index (χ0n) is 6.81. The number of pyridine rings is 1. The lowest BCUT2D eigenvalue weighted by Crippen LogP contribution is -2.09. The molecular weight excluding hydrogens is 202 g/mol. The first-order chi connectivity index (χ1) is 6.48. The molecule has 2 heterocycles. The van der Waals surface area contributed by atoms with Gasteiger partial charge in [-0.15, -0.1) is 0 Å². The van der Waals surface area contributed by atoms with Gasteiger partial charge in [-0.25, -0.2) is 4.39 Å². The molecule has 1 atom stereocenters. The van der Waals surface area contributed by atoms with Gasteiger partial charge in [0.25, 0.3) is 0 Å². The molecule has 1 saturated heterocycles. The Bertz CT molecular complexity index is 359. The maximum Gasteiger partial charge on any atom is 0.419 e. The number of ether oxygens (including phenoxy) is 1. The Labute approximate surface area is 76.5 Å². The second kappa shape index (κ2) is 2.91. The monoisotopic (exact) mass is 207 g/mol. The van der Waals surface area contributed by atoms with E-state index in [1.54, 1.807) is 0 Å². The van der Waals surface area contributed by atoms with Crippen LogP contribution in [0.3, 0.4) is 0 Å². The van der Waals surface area contributed by atoms with Crippen molar-refractivity contribution in [1.29, 1.82) is 0 Å².